The molecule has 2 aromatic rings. The van der Waals surface area contributed by atoms with Crippen LogP contribution in [0.2, 0.25) is 0 Å². The van der Waals surface area contributed by atoms with Crippen LogP contribution in [0, 0.1) is 0 Å². The molecule has 0 saturated carbocycles. The monoisotopic (exact) mass is 302 g/mol. The van der Waals surface area contributed by atoms with Crippen molar-refractivity contribution in [1.29, 1.82) is 0 Å². The van der Waals surface area contributed by atoms with Gasteiger partial charge in [0.2, 0.25) is 5.91 Å². The normalized spacial score (nSPS) is 10.4. The predicted molar refractivity (Wildman–Crippen MR) is 89.6 cm³/mol. The number of amides is 1. The number of nitrogens with one attached hydrogen (secondary N) is 1. The number of carbonyl (C=O) groups is 1. The number of nitrogens with zero attached hydrogens (tertiary/aromatic N) is 1. The van der Waals surface area contributed by atoms with Gasteiger partial charge in [-0.25, -0.2) is 0 Å². The van der Waals surface area contributed by atoms with Gasteiger partial charge in [-0.15, -0.1) is 11.3 Å². The Balaban J connectivity index is 2.04. The fourth-order valence-corrected chi connectivity index (χ4v) is 2.98. The van der Waals surface area contributed by atoms with Gasteiger partial charge in [0.25, 0.3) is 0 Å². The van der Waals surface area contributed by atoms with Crippen LogP contribution in [-0.4, -0.2) is 17.9 Å². The molecule has 0 aliphatic rings. The number of hydrogen-bond donors (Lipinski definition) is 1. The maximum absolute atomic E-state index is 11.4. The van der Waals surface area contributed by atoms with E-state index < -0.39 is 0 Å². The molecule has 0 bridgehead atoms. The largest absolute Gasteiger partial charge is 0.380 e. The molecule has 0 unspecified atom stereocenters. The zero-order valence-corrected chi connectivity index (χ0v) is 13.7. The van der Waals surface area contributed by atoms with Crippen molar-refractivity contribution in [2.75, 3.05) is 12.4 Å². The van der Waals surface area contributed by atoms with Gasteiger partial charge in [-0.2, -0.15) is 0 Å². The van der Waals surface area contributed by atoms with E-state index in [1.807, 2.05) is 30.5 Å². The molecule has 0 radical (unpaired) electrons. The van der Waals surface area contributed by atoms with E-state index in [9.17, 15) is 4.79 Å². The Bertz CT molecular complexity index is 606. The Labute approximate surface area is 130 Å². The molecule has 1 amide bonds. The van der Waals surface area contributed by atoms with Crippen LogP contribution in [0.15, 0.2) is 36.4 Å². The van der Waals surface area contributed by atoms with E-state index in [0.29, 0.717) is 6.54 Å². The highest BCUT2D eigenvalue weighted by molar-refractivity contribution is 7.12. The van der Waals surface area contributed by atoms with Gasteiger partial charge in [-0.1, -0.05) is 25.1 Å². The second-order valence-corrected chi connectivity index (χ2v) is 6.36. The number of rotatable bonds is 6. The molecule has 3 nitrogen and oxygen atoms in total. The van der Waals surface area contributed by atoms with E-state index in [1.54, 1.807) is 11.8 Å². The molecule has 1 heterocycles. The zero-order valence-electron chi connectivity index (χ0n) is 12.8. The van der Waals surface area contributed by atoms with E-state index in [0.717, 1.165) is 24.2 Å². The van der Waals surface area contributed by atoms with E-state index in [-0.39, 0.29) is 5.91 Å². The smallest absolute Gasteiger partial charge is 0.219 e. The summed E-state index contributed by atoms with van der Waals surface area (Å²) in [6.45, 7) is 5.22. The highest BCUT2D eigenvalue weighted by Gasteiger charge is 2.07. The maximum Gasteiger partial charge on any atom is 0.219 e. The first-order valence-corrected chi connectivity index (χ1v) is 8.03. The SMILES string of the molecule is CCc1ccc(CNc2ccccc2CN(C)C(C)=O)s1. The van der Waals surface area contributed by atoms with Crippen LogP contribution in [0.5, 0.6) is 0 Å². The summed E-state index contributed by atoms with van der Waals surface area (Å²) in [5.41, 5.74) is 2.24. The van der Waals surface area contributed by atoms with Crippen molar-refractivity contribution >= 4 is 22.9 Å². The average molecular weight is 302 g/mol. The van der Waals surface area contributed by atoms with Gasteiger partial charge >= 0.3 is 0 Å². The molecule has 0 aliphatic heterocycles. The minimum atomic E-state index is 0.0793. The summed E-state index contributed by atoms with van der Waals surface area (Å²) in [5.74, 6) is 0.0793. The molecule has 4 heteroatoms. The molecule has 0 atom stereocenters. The molecule has 0 spiro atoms. The van der Waals surface area contributed by atoms with Crippen LogP contribution >= 0.6 is 11.3 Å². The first-order chi connectivity index (χ1) is 10.1. The first kappa shape index (κ1) is 15.6. The molecule has 0 saturated heterocycles. The quantitative estimate of drug-likeness (QED) is 0.877. The van der Waals surface area contributed by atoms with Gasteiger partial charge in [0.1, 0.15) is 0 Å². The third kappa shape index (κ3) is 4.33. The minimum absolute atomic E-state index is 0.0793. The van der Waals surface area contributed by atoms with Crippen LogP contribution < -0.4 is 5.32 Å². The number of carbonyl (C=O) groups excluding carboxylic acids is 1. The highest BCUT2D eigenvalue weighted by atomic mass is 32.1. The summed E-state index contributed by atoms with van der Waals surface area (Å²) in [6, 6.07) is 12.5. The molecule has 1 N–H and O–H groups in total. The summed E-state index contributed by atoms with van der Waals surface area (Å²) in [5, 5.41) is 3.48. The number of anilines is 1. The number of para-hydroxylation sites is 1. The Morgan fingerprint density at radius 3 is 2.57 bits per heavy atom. The molecular formula is C17H22N2OS. The van der Waals surface area contributed by atoms with E-state index >= 15 is 0 Å². The van der Waals surface area contributed by atoms with Crippen LogP contribution in [-0.2, 0) is 24.3 Å². The Hall–Kier alpha value is -1.81. The lowest BCUT2D eigenvalue weighted by Crippen LogP contribution is -2.23. The van der Waals surface area contributed by atoms with Crippen LogP contribution in [0.3, 0.4) is 0 Å². The van der Waals surface area contributed by atoms with Crippen LogP contribution in [0.25, 0.3) is 0 Å². The summed E-state index contributed by atoms with van der Waals surface area (Å²) in [7, 11) is 1.83. The molecule has 0 fully saturated rings. The molecular weight excluding hydrogens is 280 g/mol. The van der Waals surface area contributed by atoms with Crippen molar-refractivity contribution in [2.45, 2.75) is 33.4 Å². The van der Waals surface area contributed by atoms with Crippen molar-refractivity contribution < 1.29 is 4.79 Å². The number of benzene rings is 1. The van der Waals surface area contributed by atoms with E-state index in [4.69, 9.17) is 0 Å². The fourth-order valence-electron chi connectivity index (χ4n) is 2.09. The van der Waals surface area contributed by atoms with Gasteiger partial charge in [0.05, 0.1) is 0 Å². The van der Waals surface area contributed by atoms with Gasteiger partial charge in [0, 0.05) is 42.5 Å². The van der Waals surface area contributed by atoms with Gasteiger partial charge in [-0.3, -0.25) is 4.79 Å². The molecule has 21 heavy (non-hydrogen) atoms. The first-order valence-electron chi connectivity index (χ1n) is 7.21. The molecule has 1 aromatic carbocycles. The van der Waals surface area contributed by atoms with Crippen LogP contribution in [0.1, 0.15) is 29.2 Å². The van der Waals surface area contributed by atoms with Crippen molar-refractivity contribution in [3.05, 3.63) is 51.7 Å². The van der Waals surface area contributed by atoms with Gasteiger partial charge in [-0.05, 0) is 30.2 Å². The van der Waals surface area contributed by atoms with Crippen molar-refractivity contribution in [3.63, 3.8) is 0 Å². The number of hydrogen-bond acceptors (Lipinski definition) is 3. The number of aryl methyl sites for hydroxylation is 1. The Morgan fingerprint density at radius 1 is 1.19 bits per heavy atom. The van der Waals surface area contributed by atoms with E-state index in [1.165, 1.54) is 9.75 Å². The summed E-state index contributed by atoms with van der Waals surface area (Å²) in [4.78, 5) is 15.9. The minimum Gasteiger partial charge on any atom is -0.380 e. The molecule has 112 valence electrons. The summed E-state index contributed by atoms with van der Waals surface area (Å²) >= 11 is 1.85. The third-order valence-corrected chi connectivity index (χ3v) is 4.71. The standard InChI is InChI=1S/C17H22N2OS/c1-4-15-9-10-16(21-15)11-18-17-8-6-5-7-14(17)12-19(3)13(2)20/h5-10,18H,4,11-12H2,1-3H3. The van der Waals surface area contributed by atoms with Crippen LogP contribution in [0.4, 0.5) is 5.69 Å². The average Bonchev–Trinajstić information content (AvgIpc) is 2.94. The Kier molecular flexibility index (Phi) is 5.39. The maximum atomic E-state index is 11.4. The number of thiophene rings is 1. The molecule has 2 rings (SSSR count). The van der Waals surface area contributed by atoms with Gasteiger partial charge in [0.15, 0.2) is 0 Å². The van der Waals surface area contributed by atoms with Crippen molar-refractivity contribution in [3.8, 4) is 0 Å². The summed E-state index contributed by atoms with van der Waals surface area (Å²) in [6.07, 6.45) is 1.09. The lowest BCUT2D eigenvalue weighted by atomic mass is 10.1. The fraction of sp³-hybridized carbons (Fsp3) is 0.353. The molecule has 1 aromatic heterocycles. The van der Waals surface area contributed by atoms with Crippen molar-refractivity contribution in [1.82, 2.24) is 4.90 Å². The molecule has 0 aliphatic carbocycles. The zero-order chi connectivity index (χ0) is 15.2. The van der Waals surface area contributed by atoms with E-state index in [2.05, 4.69) is 36.5 Å². The second kappa shape index (κ2) is 7.27. The highest BCUT2D eigenvalue weighted by Crippen LogP contribution is 2.21. The lowest BCUT2D eigenvalue weighted by molar-refractivity contribution is -0.128. The van der Waals surface area contributed by atoms with Crippen molar-refractivity contribution in [2.24, 2.45) is 0 Å². The summed E-state index contributed by atoms with van der Waals surface area (Å²) < 4.78 is 0. The third-order valence-electron chi connectivity index (χ3n) is 3.48. The predicted octanol–water partition coefficient (Wildman–Crippen LogP) is 3.90. The topological polar surface area (TPSA) is 32.3 Å². The Morgan fingerprint density at radius 2 is 1.90 bits per heavy atom. The second-order valence-electron chi connectivity index (χ2n) is 5.11. The van der Waals surface area contributed by atoms with Gasteiger partial charge < -0.3 is 10.2 Å². The lowest BCUT2D eigenvalue weighted by Gasteiger charge is -2.18.